The van der Waals surface area contributed by atoms with Gasteiger partial charge in [-0.25, -0.2) is 4.98 Å². The lowest BCUT2D eigenvalue weighted by Crippen LogP contribution is -2.16. The molecule has 0 bridgehead atoms. The second kappa shape index (κ2) is 5.55. The molecule has 0 spiro atoms. The van der Waals surface area contributed by atoms with Crippen molar-refractivity contribution in [3.63, 3.8) is 0 Å². The summed E-state index contributed by atoms with van der Waals surface area (Å²) in [5, 5.41) is 3.97. The van der Waals surface area contributed by atoms with Crippen LogP contribution in [0.15, 0.2) is 36.7 Å². The number of nitrogens with one attached hydrogen (secondary N) is 1. The van der Waals surface area contributed by atoms with Crippen LogP contribution in [0.4, 0.5) is 0 Å². The smallest absolute Gasteiger partial charge is 0.219 e. The number of aromatic nitrogens is 2. The van der Waals surface area contributed by atoms with E-state index >= 15 is 0 Å². The van der Waals surface area contributed by atoms with Crippen LogP contribution in [0, 0.1) is 0 Å². The van der Waals surface area contributed by atoms with Gasteiger partial charge >= 0.3 is 0 Å². The molecule has 2 aromatic rings. The summed E-state index contributed by atoms with van der Waals surface area (Å²) in [5.41, 5.74) is 0.972. The molecule has 0 unspecified atom stereocenters. The molecule has 0 atom stereocenters. The Morgan fingerprint density at radius 2 is 2.21 bits per heavy atom. The van der Waals surface area contributed by atoms with Gasteiger partial charge in [-0.1, -0.05) is 17.7 Å². The molecule has 0 saturated heterocycles. The van der Waals surface area contributed by atoms with Crippen LogP contribution in [0.5, 0.6) is 11.6 Å². The van der Waals surface area contributed by atoms with E-state index < -0.39 is 0 Å². The van der Waals surface area contributed by atoms with Gasteiger partial charge in [0.25, 0.3) is 0 Å². The van der Waals surface area contributed by atoms with E-state index in [0.29, 0.717) is 22.7 Å². The molecule has 2 heterocycles. The number of halogens is 1. The first-order valence-electron chi connectivity index (χ1n) is 6.27. The van der Waals surface area contributed by atoms with E-state index in [4.69, 9.17) is 16.3 Å². The summed E-state index contributed by atoms with van der Waals surface area (Å²) in [7, 11) is 0. The van der Waals surface area contributed by atoms with Crippen LogP contribution in [0.1, 0.15) is 18.5 Å². The summed E-state index contributed by atoms with van der Waals surface area (Å²) < 4.78 is 5.64. The van der Waals surface area contributed by atoms with Gasteiger partial charge < -0.3 is 10.1 Å². The van der Waals surface area contributed by atoms with Crippen molar-refractivity contribution in [1.29, 1.82) is 0 Å². The van der Waals surface area contributed by atoms with Crippen molar-refractivity contribution in [3.05, 3.63) is 47.4 Å². The summed E-state index contributed by atoms with van der Waals surface area (Å²) in [6, 6.07) is 8.12. The highest BCUT2D eigenvalue weighted by Gasteiger charge is 2.20. The molecule has 98 valence electrons. The maximum atomic E-state index is 5.86. The summed E-state index contributed by atoms with van der Waals surface area (Å²) in [4.78, 5) is 8.42. The molecule has 19 heavy (non-hydrogen) atoms. The average Bonchev–Trinajstić information content (AvgIpc) is 3.21. The van der Waals surface area contributed by atoms with Gasteiger partial charge in [0.05, 0.1) is 16.9 Å². The van der Waals surface area contributed by atoms with E-state index in [1.54, 1.807) is 18.5 Å². The van der Waals surface area contributed by atoms with E-state index in [2.05, 4.69) is 15.3 Å². The minimum Gasteiger partial charge on any atom is -0.437 e. The molecule has 4 nitrogen and oxygen atoms in total. The molecular weight excluding hydrogens is 262 g/mol. The zero-order valence-electron chi connectivity index (χ0n) is 10.3. The first-order chi connectivity index (χ1) is 9.29. The van der Waals surface area contributed by atoms with Crippen molar-refractivity contribution in [2.75, 3.05) is 0 Å². The Hall–Kier alpha value is -1.65. The van der Waals surface area contributed by atoms with Crippen molar-refractivity contribution in [3.8, 4) is 11.6 Å². The predicted molar refractivity (Wildman–Crippen MR) is 73.4 cm³/mol. The van der Waals surface area contributed by atoms with Gasteiger partial charge in [0.15, 0.2) is 0 Å². The van der Waals surface area contributed by atoms with Crippen molar-refractivity contribution < 1.29 is 4.74 Å². The quantitative estimate of drug-likeness (QED) is 0.910. The molecule has 0 amide bonds. The third-order valence-corrected chi connectivity index (χ3v) is 3.04. The van der Waals surface area contributed by atoms with E-state index in [9.17, 15) is 0 Å². The molecule has 1 N–H and O–H groups in total. The van der Waals surface area contributed by atoms with Crippen LogP contribution in [-0.2, 0) is 6.54 Å². The number of hydrogen-bond donors (Lipinski definition) is 1. The Morgan fingerprint density at radius 3 is 3.00 bits per heavy atom. The van der Waals surface area contributed by atoms with Gasteiger partial charge in [-0.3, -0.25) is 4.98 Å². The third-order valence-electron chi connectivity index (χ3n) is 2.83. The second-order valence-electron chi connectivity index (χ2n) is 4.56. The monoisotopic (exact) mass is 275 g/mol. The molecule has 1 fully saturated rings. The van der Waals surface area contributed by atoms with Gasteiger partial charge in [-0.15, -0.1) is 0 Å². The molecular formula is C14H14ClN3O. The molecule has 0 radical (unpaired) electrons. The lowest BCUT2D eigenvalue weighted by atomic mass is 10.3. The fourth-order valence-corrected chi connectivity index (χ4v) is 1.88. The van der Waals surface area contributed by atoms with E-state index in [1.165, 1.54) is 12.8 Å². The zero-order valence-corrected chi connectivity index (χ0v) is 11.1. The van der Waals surface area contributed by atoms with Gasteiger partial charge in [0.2, 0.25) is 5.88 Å². The topological polar surface area (TPSA) is 47.0 Å². The summed E-state index contributed by atoms with van der Waals surface area (Å²) in [5.74, 6) is 1.14. The molecule has 1 aliphatic rings. The third kappa shape index (κ3) is 3.66. The normalized spacial score (nSPS) is 14.4. The first kappa shape index (κ1) is 12.4. The number of hydrogen-bond acceptors (Lipinski definition) is 4. The SMILES string of the molecule is Clc1cncc(Oc2cccc(CNC3CC3)n2)c1. The Kier molecular flexibility index (Phi) is 3.62. The maximum Gasteiger partial charge on any atom is 0.219 e. The fraction of sp³-hybridized carbons (Fsp3) is 0.286. The maximum absolute atomic E-state index is 5.86. The van der Waals surface area contributed by atoms with Crippen LogP contribution in [-0.4, -0.2) is 16.0 Å². The van der Waals surface area contributed by atoms with Crippen molar-refractivity contribution in [2.24, 2.45) is 0 Å². The molecule has 5 heteroatoms. The Balaban J connectivity index is 1.67. The van der Waals surface area contributed by atoms with E-state index in [0.717, 1.165) is 12.2 Å². The van der Waals surface area contributed by atoms with Gasteiger partial charge in [0, 0.05) is 30.9 Å². The Labute approximate surface area is 116 Å². The van der Waals surface area contributed by atoms with E-state index in [1.807, 2.05) is 18.2 Å². The predicted octanol–water partition coefficient (Wildman–Crippen LogP) is 3.17. The lowest BCUT2D eigenvalue weighted by molar-refractivity contribution is 0.457. The van der Waals surface area contributed by atoms with Crippen molar-refractivity contribution in [1.82, 2.24) is 15.3 Å². The van der Waals surface area contributed by atoms with E-state index in [-0.39, 0.29) is 0 Å². The lowest BCUT2D eigenvalue weighted by Gasteiger charge is -2.07. The van der Waals surface area contributed by atoms with Gasteiger partial charge in [-0.05, 0) is 18.9 Å². The summed E-state index contributed by atoms with van der Waals surface area (Å²) in [6.45, 7) is 0.773. The molecule has 2 aromatic heterocycles. The number of nitrogens with zero attached hydrogens (tertiary/aromatic N) is 2. The minimum atomic E-state index is 0.545. The Bertz CT molecular complexity index is 572. The Morgan fingerprint density at radius 1 is 1.32 bits per heavy atom. The number of ether oxygens (including phenoxy) is 1. The minimum absolute atomic E-state index is 0.545. The molecule has 1 aliphatic carbocycles. The molecule has 0 aromatic carbocycles. The van der Waals surface area contributed by atoms with Crippen molar-refractivity contribution in [2.45, 2.75) is 25.4 Å². The van der Waals surface area contributed by atoms with Crippen LogP contribution in [0.25, 0.3) is 0 Å². The summed E-state index contributed by atoms with van der Waals surface area (Å²) in [6.07, 6.45) is 5.72. The molecule has 3 rings (SSSR count). The summed E-state index contributed by atoms with van der Waals surface area (Å²) >= 11 is 5.86. The first-order valence-corrected chi connectivity index (χ1v) is 6.65. The number of pyridine rings is 2. The van der Waals surface area contributed by atoms with Crippen LogP contribution in [0.3, 0.4) is 0 Å². The van der Waals surface area contributed by atoms with Gasteiger partial charge in [0.1, 0.15) is 5.75 Å². The second-order valence-corrected chi connectivity index (χ2v) is 5.00. The zero-order chi connectivity index (χ0) is 13.1. The highest BCUT2D eigenvalue weighted by molar-refractivity contribution is 6.30. The number of rotatable bonds is 5. The average molecular weight is 276 g/mol. The van der Waals surface area contributed by atoms with Crippen molar-refractivity contribution >= 4 is 11.6 Å². The highest BCUT2D eigenvalue weighted by Crippen LogP contribution is 2.22. The van der Waals surface area contributed by atoms with Crippen LogP contribution in [0.2, 0.25) is 5.02 Å². The largest absolute Gasteiger partial charge is 0.437 e. The van der Waals surface area contributed by atoms with Crippen LogP contribution >= 0.6 is 11.6 Å². The standard InChI is InChI=1S/C14H14ClN3O/c15-10-6-13(9-16-7-10)19-14-3-1-2-12(18-14)8-17-11-4-5-11/h1-3,6-7,9,11,17H,4-5,8H2. The molecule has 0 aliphatic heterocycles. The van der Waals surface area contributed by atoms with Crippen LogP contribution < -0.4 is 10.1 Å². The molecule has 1 saturated carbocycles. The van der Waals surface area contributed by atoms with Gasteiger partial charge in [-0.2, -0.15) is 0 Å². The fourth-order valence-electron chi connectivity index (χ4n) is 1.72. The highest BCUT2D eigenvalue weighted by atomic mass is 35.5.